The summed E-state index contributed by atoms with van der Waals surface area (Å²) in [6.45, 7) is 6.20. The Balaban J connectivity index is 1.56. The number of sulfone groups is 1. The monoisotopic (exact) mass is 512 g/mol. The molecule has 1 amide bonds. The molecule has 3 aromatic rings. The predicted octanol–water partition coefficient (Wildman–Crippen LogP) is 3.95. The molecule has 1 heterocycles. The zero-order chi connectivity index (χ0) is 25.4. The number of hydrogen-bond donors (Lipinski definition) is 1. The molecular weight excluding hydrogens is 488 g/mol. The Kier molecular flexibility index (Phi) is 8.57. The number of carbonyl (C=O) groups is 1. The smallest absolute Gasteiger partial charge is 0.268 e. The van der Waals surface area contributed by atoms with Crippen molar-refractivity contribution in [2.45, 2.75) is 25.9 Å². The number of aromatic nitrogens is 2. The van der Waals surface area contributed by atoms with Gasteiger partial charge in [0, 0.05) is 11.5 Å². The molecule has 0 saturated heterocycles. The molecule has 1 N–H and O–H groups in total. The Labute approximate surface area is 208 Å². The molecule has 0 fully saturated rings. The summed E-state index contributed by atoms with van der Waals surface area (Å²) in [6.07, 6.45) is 1.41. The van der Waals surface area contributed by atoms with Crippen molar-refractivity contribution < 1.29 is 22.7 Å². The van der Waals surface area contributed by atoms with Crippen LogP contribution in [0.1, 0.15) is 23.6 Å². The number of carbonyl (C=O) groups excluding carboxylic acids is 1. The van der Waals surface area contributed by atoms with Crippen molar-refractivity contribution in [1.82, 2.24) is 9.36 Å². The first-order chi connectivity index (χ1) is 16.7. The Morgan fingerprint density at radius 2 is 1.77 bits per heavy atom. The molecule has 182 valence electrons. The standard InChI is InChI=1S/C24H24N4O5S2/c1-4-35(30,31)24-27-23(34-28-24)26-22(29)19(15-25)14-18-8-10-20(11-9-18)32-12-13-33-21-16(2)6-5-7-17(21)3/h5-11,14H,4,12-13H2,1-3H3,(H,26,27,28,29)/b19-14-. The molecule has 0 bridgehead atoms. The maximum atomic E-state index is 12.4. The second-order valence-corrected chi connectivity index (χ2v) is 10.3. The summed E-state index contributed by atoms with van der Waals surface area (Å²) >= 11 is 0.730. The molecule has 9 nitrogen and oxygen atoms in total. The summed E-state index contributed by atoms with van der Waals surface area (Å²) in [5.41, 5.74) is 2.57. The highest BCUT2D eigenvalue weighted by Gasteiger charge is 2.20. The van der Waals surface area contributed by atoms with E-state index in [2.05, 4.69) is 14.7 Å². The minimum absolute atomic E-state index is 0.00460. The molecule has 1 aromatic heterocycles. The van der Waals surface area contributed by atoms with Crippen LogP contribution in [0.4, 0.5) is 5.13 Å². The van der Waals surface area contributed by atoms with Crippen molar-refractivity contribution in [2.24, 2.45) is 0 Å². The van der Waals surface area contributed by atoms with Crippen molar-refractivity contribution >= 4 is 38.5 Å². The Hall–Kier alpha value is -3.75. The van der Waals surface area contributed by atoms with Gasteiger partial charge >= 0.3 is 0 Å². The number of ether oxygens (including phenoxy) is 2. The fraction of sp³-hybridized carbons (Fsp3) is 0.250. The summed E-state index contributed by atoms with van der Waals surface area (Å²) in [7, 11) is -3.58. The van der Waals surface area contributed by atoms with Crippen molar-refractivity contribution in [3.63, 3.8) is 0 Å². The van der Waals surface area contributed by atoms with Crippen molar-refractivity contribution in [3.05, 3.63) is 64.7 Å². The van der Waals surface area contributed by atoms with Gasteiger partial charge in [-0.1, -0.05) is 37.3 Å². The van der Waals surface area contributed by atoms with Crippen LogP contribution < -0.4 is 14.8 Å². The van der Waals surface area contributed by atoms with E-state index >= 15 is 0 Å². The van der Waals surface area contributed by atoms with Gasteiger partial charge in [0.1, 0.15) is 36.4 Å². The summed E-state index contributed by atoms with van der Waals surface area (Å²) in [6, 6.07) is 14.7. The average molecular weight is 513 g/mol. The minimum Gasteiger partial charge on any atom is -0.490 e. The largest absolute Gasteiger partial charge is 0.490 e. The zero-order valence-electron chi connectivity index (χ0n) is 19.4. The van der Waals surface area contributed by atoms with Crippen LogP contribution in [0, 0.1) is 25.2 Å². The summed E-state index contributed by atoms with van der Waals surface area (Å²) in [5.74, 6) is 0.608. The highest BCUT2D eigenvalue weighted by molar-refractivity contribution is 7.91. The van der Waals surface area contributed by atoms with E-state index in [4.69, 9.17) is 9.47 Å². The molecule has 0 aliphatic carbocycles. The van der Waals surface area contributed by atoms with E-state index in [0.717, 1.165) is 28.4 Å². The number of anilines is 1. The topological polar surface area (TPSA) is 131 Å². The van der Waals surface area contributed by atoms with Gasteiger partial charge in [-0.3, -0.25) is 10.1 Å². The lowest BCUT2D eigenvalue weighted by Gasteiger charge is -2.12. The maximum absolute atomic E-state index is 12.4. The summed E-state index contributed by atoms with van der Waals surface area (Å²) in [4.78, 5) is 16.2. The highest BCUT2D eigenvalue weighted by Crippen LogP contribution is 2.22. The molecule has 0 unspecified atom stereocenters. The first-order valence-corrected chi connectivity index (χ1v) is 13.1. The molecule has 0 aliphatic rings. The fourth-order valence-electron chi connectivity index (χ4n) is 2.99. The number of amides is 1. The summed E-state index contributed by atoms with van der Waals surface area (Å²) < 4.78 is 38.9. The van der Waals surface area contributed by atoms with Gasteiger partial charge in [0.25, 0.3) is 11.1 Å². The van der Waals surface area contributed by atoms with Crippen molar-refractivity contribution in [3.8, 4) is 17.6 Å². The number of nitriles is 1. The maximum Gasteiger partial charge on any atom is 0.268 e. The lowest BCUT2D eigenvalue weighted by atomic mass is 10.1. The molecule has 0 saturated carbocycles. The average Bonchev–Trinajstić information content (AvgIpc) is 3.32. The van der Waals surface area contributed by atoms with E-state index in [9.17, 15) is 18.5 Å². The van der Waals surface area contributed by atoms with E-state index < -0.39 is 15.7 Å². The molecule has 0 aliphatic heterocycles. The van der Waals surface area contributed by atoms with Crippen LogP contribution in [0.5, 0.6) is 11.5 Å². The first-order valence-electron chi connectivity index (χ1n) is 10.6. The van der Waals surface area contributed by atoms with Gasteiger partial charge in [0.15, 0.2) is 0 Å². The zero-order valence-corrected chi connectivity index (χ0v) is 21.1. The van der Waals surface area contributed by atoms with Gasteiger partial charge in [-0.15, -0.1) is 0 Å². The van der Waals surface area contributed by atoms with Gasteiger partial charge < -0.3 is 9.47 Å². The second-order valence-electron chi connectivity index (χ2n) is 7.40. The SMILES string of the molecule is CCS(=O)(=O)c1nsc(NC(=O)/C(C#N)=C\c2ccc(OCCOc3c(C)cccc3C)cc2)n1. The van der Waals surface area contributed by atoms with Gasteiger partial charge in [-0.25, -0.2) is 8.42 Å². The number of aryl methyl sites for hydroxylation is 2. The Morgan fingerprint density at radius 3 is 2.40 bits per heavy atom. The minimum atomic E-state index is -3.58. The van der Waals surface area contributed by atoms with Crippen LogP contribution in [0.3, 0.4) is 0 Å². The van der Waals surface area contributed by atoms with Gasteiger partial charge in [0.05, 0.1) is 5.75 Å². The fourth-order valence-corrected chi connectivity index (χ4v) is 4.57. The molecule has 0 radical (unpaired) electrons. The van der Waals surface area contributed by atoms with Crippen LogP contribution in [0.15, 0.2) is 53.2 Å². The van der Waals surface area contributed by atoms with E-state index in [1.807, 2.05) is 38.1 Å². The lowest BCUT2D eigenvalue weighted by Crippen LogP contribution is -2.13. The van der Waals surface area contributed by atoms with E-state index in [1.54, 1.807) is 24.3 Å². The van der Waals surface area contributed by atoms with Crippen LogP contribution >= 0.6 is 11.5 Å². The quantitative estimate of drug-likeness (QED) is 0.245. The third kappa shape index (κ3) is 6.88. The van der Waals surface area contributed by atoms with Gasteiger partial charge in [-0.2, -0.15) is 14.6 Å². The Bertz CT molecular complexity index is 1350. The summed E-state index contributed by atoms with van der Waals surface area (Å²) in [5, 5.41) is 11.4. The molecular formula is C24H24N4O5S2. The van der Waals surface area contributed by atoms with Gasteiger partial charge in [-0.05, 0) is 48.7 Å². The lowest BCUT2D eigenvalue weighted by molar-refractivity contribution is -0.112. The molecule has 35 heavy (non-hydrogen) atoms. The molecule has 2 aromatic carbocycles. The van der Waals surface area contributed by atoms with E-state index in [1.165, 1.54) is 13.0 Å². The van der Waals surface area contributed by atoms with Crippen LogP contribution in [0.2, 0.25) is 0 Å². The number of hydrogen-bond acceptors (Lipinski definition) is 9. The molecule has 0 spiro atoms. The van der Waals surface area contributed by atoms with Crippen molar-refractivity contribution in [1.29, 1.82) is 5.26 Å². The van der Waals surface area contributed by atoms with Crippen LogP contribution in [-0.4, -0.2) is 42.6 Å². The highest BCUT2D eigenvalue weighted by atomic mass is 32.2. The molecule has 11 heteroatoms. The normalized spacial score (nSPS) is 11.5. The van der Waals surface area contributed by atoms with Crippen molar-refractivity contribution in [2.75, 3.05) is 24.3 Å². The van der Waals surface area contributed by atoms with Gasteiger partial charge in [0.2, 0.25) is 15.0 Å². The van der Waals surface area contributed by atoms with Crippen LogP contribution in [0.25, 0.3) is 6.08 Å². The second kappa shape index (κ2) is 11.6. The number of nitrogens with one attached hydrogen (secondary N) is 1. The number of para-hydroxylation sites is 1. The number of rotatable bonds is 10. The first kappa shape index (κ1) is 25.9. The Morgan fingerprint density at radius 1 is 1.11 bits per heavy atom. The van der Waals surface area contributed by atoms with E-state index in [0.29, 0.717) is 24.5 Å². The molecule has 0 atom stereocenters. The third-order valence-corrected chi connectivity index (χ3v) is 7.09. The predicted molar refractivity (Wildman–Crippen MR) is 133 cm³/mol. The third-order valence-electron chi connectivity index (χ3n) is 4.85. The van der Waals surface area contributed by atoms with Crippen LogP contribution in [-0.2, 0) is 14.6 Å². The molecule has 3 rings (SSSR count). The number of benzene rings is 2. The number of nitrogens with zero attached hydrogens (tertiary/aromatic N) is 3. The van der Waals surface area contributed by atoms with E-state index in [-0.39, 0.29) is 21.6 Å².